The summed E-state index contributed by atoms with van der Waals surface area (Å²) in [6.07, 6.45) is 15.5. The Morgan fingerprint density at radius 1 is 0.875 bits per heavy atom. The van der Waals surface area contributed by atoms with Crippen molar-refractivity contribution >= 4 is 5.91 Å². The SMILES string of the molecule is O=C(C1[C@@H]2CCCC[C@@H]12)N1CCCC[C@H]1c1nc2c(c(=O)[nH]1)CCN(C1CCCCC1)C2. The van der Waals surface area contributed by atoms with Crippen LogP contribution in [0.15, 0.2) is 4.79 Å². The van der Waals surface area contributed by atoms with E-state index in [1.54, 1.807) is 0 Å². The van der Waals surface area contributed by atoms with E-state index in [-0.39, 0.29) is 17.5 Å². The van der Waals surface area contributed by atoms with Crippen LogP contribution in [0.1, 0.15) is 100 Å². The van der Waals surface area contributed by atoms with Gasteiger partial charge in [-0.15, -0.1) is 0 Å². The minimum absolute atomic E-state index is 0.0337. The largest absolute Gasteiger partial charge is 0.332 e. The smallest absolute Gasteiger partial charge is 0.254 e. The lowest BCUT2D eigenvalue weighted by molar-refractivity contribution is -0.137. The lowest BCUT2D eigenvalue weighted by Crippen LogP contribution is -2.44. The summed E-state index contributed by atoms with van der Waals surface area (Å²) >= 11 is 0. The molecule has 1 aromatic heterocycles. The van der Waals surface area contributed by atoms with E-state index in [9.17, 15) is 9.59 Å². The average Bonchev–Trinajstić information content (AvgIpc) is 3.58. The highest BCUT2D eigenvalue weighted by Crippen LogP contribution is 2.56. The molecule has 1 aromatic rings. The van der Waals surface area contributed by atoms with Crippen molar-refractivity contribution in [2.75, 3.05) is 13.1 Å². The molecule has 3 atom stereocenters. The molecule has 0 unspecified atom stereocenters. The molecule has 3 aliphatic carbocycles. The molecule has 3 saturated carbocycles. The molecule has 0 spiro atoms. The number of hydrogen-bond acceptors (Lipinski definition) is 4. The van der Waals surface area contributed by atoms with Gasteiger partial charge in [0.2, 0.25) is 5.91 Å². The van der Waals surface area contributed by atoms with Gasteiger partial charge in [-0.1, -0.05) is 32.1 Å². The van der Waals surface area contributed by atoms with Gasteiger partial charge in [-0.25, -0.2) is 4.98 Å². The normalized spacial score (nSPS) is 33.4. The maximum atomic E-state index is 13.5. The number of aromatic nitrogens is 2. The van der Waals surface area contributed by atoms with Crippen molar-refractivity contribution in [1.29, 1.82) is 0 Å². The highest BCUT2D eigenvalue weighted by Gasteiger charge is 2.56. The molecule has 6 rings (SSSR count). The molecule has 1 amide bonds. The Balaban J connectivity index is 1.24. The van der Waals surface area contributed by atoms with Gasteiger partial charge < -0.3 is 9.88 Å². The summed E-state index contributed by atoms with van der Waals surface area (Å²) in [5, 5.41) is 0. The van der Waals surface area contributed by atoms with Crippen LogP contribution in [0.2, 0.25) is 0 Å². The maximum absolute atomic E-state index is 13.5. The fraction of sp³-hybridized carbons (Fsp3) is 0.808. The van der Waals surface area contributed by atoms with E-state index in [1.807, 2.05) is 0 Å². The number of H-pyrrole nitrogens is 1. The van der Waals surface area contributed by atoms with Gasteiger partial charge in [0.05, 0.1) is 11.7 Å². The first-order valence-corrected chi connectivity index (χ1v) is 13.4. The van der Waals surface area contributed by atoms with Gasteiger partial charge in [-0.3, -0.25) is 14.5 Å². The lowest BCUT2D eigenvalue weighted by atomic mass is 9.92. The van der Waals surface area contributed by atoms with Crippen molar-refractivity contribution in [3.8, 4) is 0 Å². The Kier molecular flexibility index (Phi) is 5.60. The van der Waals surface area contributed by atoms with Crippen LogP contribution in [-0.4, -0.2) is 44.8 Å². The van der Waals surface area contributed by atoms with Crippen LogP contribution >= 0.6 is 0 Å². The summed E-state index contributed by atoms with van der Waals surface area (Å²) in [4.78, 5) is 39.4. The molecule has 6 heteroatoms. The Bertz CT molecular complexity index is 909. The van der Waals surface area contributed by atoms with Crippen LogP contribution in [0.5, 0.6) is 0 Å². The zero-order chi connectivity index (χ0) is 21.7. The van der Waals surface area contributed by atoms with E-state index in [0.717, 1.165) is 62.4 Å². The second kappa shape index (κ2) is 8.58. The third-order valence-corrected chi connectivity index (χ3v) is 9.26. The molecule has 174 valence electrons. The molecule has 0 radical (unpaired) electrons. The first-order valence-electron chi connectivity index (χ1n) is 13.4. The van der Waals surface area contributed by atoms with Gasteiger partial charge in [0.1, 0.15) is 5.82 Å². The zero-order valence-corrected chi connectivity index (χ0v) is 19.4. The number of carbonyl (C=O) groups is 1. The fourth-order valence-electron chi connectivity index (χ4n) is 7.42. The van der Waals surface area contributed by atoms with Crippen LogP contribution < -0.4 is 5.56 Å². The predicted molar refractivity (Wildman–Crippen MR) is 123 cm³/mol. The molecule has 0 aromatic carbocycles. The summed E-state index contributed by atoms with van der Waals surface area (Å²) in [5.74, 6) is 2.58. The molecule has 5 aliphatic rings. The number of likely N-dealkylation sites (tertiary alicyclic amines) is 1. The maximum Gasteiger partial charge on any atom is 0.254 e. The molecule has 1 N–H and O–H groups in total. The second-order valence-electron chi connectivity index (χ2n) is 11.1. The average molecular weight is 439 g/mol. The highest BCUT2D eigenvalue weighted by molar-refractivity contribution is 5.83. The summed E-state index contributed by atoms with van der Waals surface area (Å²) in [6.45, 7) is 2.58. The molecule has 4 fully saturated rings. The number of fused-ring (bicyclic) bond motifs is 2. The number of carbonyl (C=O) groups excluding carboxylic acids is 1. The molecule has 1 saturated heterocycles. The Hall–Kier alpha value is -1.69. The second-order valence-corrected chi connectivity index (χ2v) is 11.1. The Labute approximate surface area is 191 Å². The lowest BCUT2D eigenvalue weighted by Gasteiger charge is -2.38. The van der Waals surface area contributed by atoms with E-state index in [4.69, 9.17) is 4.98 Å². The number of nitrogens with one attached hydrogen (secondary N) is 1. The summed E-state index contributed by atoms with van der Waals surface area (Å²) < 4.78 is 0. The van der Waals surface area contributed by atoms with Gasteiger partial charge in [-0.2, -0.15) is 0 Å². The standard InChI is InChI=1S/C26H38N4O2/c31-25-20-13-15-29(17-8-2-1-3-9-17)16-21(20)27-24(28-25)22-12-6-7-14-30(22)26(32)23-18-10-4-5-11-19(18)23/h17-19,22-23H,1-16H2,(H,27,28,31)/t18-,19-,22+/m1/s1. The summed E-state index contributed by atoms with van der Waals surface area (Å²) in [6, 6.07) is 0.592. The molecule has 0 bridgehead atoms. The third kappa shape index (κ3) is 3.72. The van der Waals surface area contributed by atoms with Gasteiger partial charge in [-0.05, 0) is 63.2 Å². The predicted octanol–water partition coefficient (Wildman–Crippen LogP) is 3.95. The Morgan fingerprint density at radius 3 is 2.38 bits per heavy atom. The molecule has 32 heavy (non-hydrogen) atoms. The molecular formula is C26H38N4O2. The number of hydrogen-bond donors (Lipinski definition) is 1. The van der Waals surface area contributed by atoms with Gasteiger partial charge in [0, 0.05) is 37.2 Å². The van der Waals surface area contributed by atoms with Gasteiger partial charge in [0.15, 0.2) is 0 Å². The molecular weight excluding hydrogens is 400 g/mol. The summed E-state index contributed by atoms with van der Waals surface area (Å²) in [7, 11) is 0. The minimum Gasteiger partial charge on any atom is -0.332 e. The number of rotatable bonds is 3. The number of nitrogens with zero attached hydrogens (tertiary/aromatic N) is 3. The van der Waals surface area contributed by atoms with Crippen molar-refractivity contribution in [2.24, 2.45) is 17.8 Å². The molecule has 2 aliphatic heterocycles. The van der Waals surface area contributed by atoms with Crippen LogP contribution in [0, 0.1) is 17.8 Å². The van der Waals surface area contributed by atoms with Crippen LogP contribution in [0.25, 0.3) is 0 Å². The van der Waals surface area contributed by atoms with Gasteiger partial charge >= 0.3 is 0 Å². The van der Waals surface area contributed by atoms with Crippen LogP contribution in [-0.2, 0) is 17.8 Å². The van der Waals surface area contributed by atoms with Crippen molar-refractivity contribution in [3.63, 3.8) is 0 Å². The van der Waals surface area contributed by atoms with Crippen molar-refractivity contribution in [3.05, 3.63) is 27.4 Å². The number of piperidine rings is 1. The monoisotopic (exact) mass is 438 g/mol. The fourth-order valence-corrected chi connectivity index (χ4v) is 7.42. The Morgan fingerprint density at radius 2 is 1.59 bits per heavy atom. The highest BCUT2D eigenvalue weighted by atomic mass is 16.2. The third-order valence-electron chi connectivity index (χ3n) is 9.26. The van der Waals surface area contributed by atoms with Crippen molar-refractivity contribution in [2.45, 2.75) is 102 Å². The van der Waals surface area contributed by atoms with E-state index in [2.05, 4.69) is 14.8 Å². The number of amides is 1. The van der Waals surface area contributed by atoms with Crippen molar-refractivity contribution in [1.82, 2.24) is 19.8 Å². The zero-order valence-electron chi connectivity index (χ0n) is 19.4. The number of aromatic amines is 1. The topological polar surface area (TPSA) is 69.3 Å². The van der Waals surface area contributed by atoms with E-state index < -0.39 is 0 Å². The van der Waals surface area contributed by atoms with Gasteiger partial charge in [0.25, 0.3) is 5.56 Å². The van der Waals surface area contributed by atoms with E-state index in [1.165, 1.54) is 57.8 Å². The first kappa shape index (κ1) is 20.9. The van der Waals surface area contributed by atoms with E-state index in [0.29, 0.717) is 23.8 Å². The van der Waals surface area contributed by atoms with E-state index >= 15 is 0 Å². The minimum atomic E-state index is -0.0537. The van der Waals surface area contributed by atoms with Crippen molar-refractivity contribution < 1.29 is 4.79 Å². The quantitative estimate of drug-likeness (QED) is 0.776. The first-order chi connectivity index (χ1) is 15.7. The summed E-state index contributed by atoms with van der Waals surface area (Å²) in [5.41, 5.74) is 1.88. The molecule has 6 nitrogen and oxygen atoms in total. The van der Waals surface area contributed by atoms with Crippen LogP contribution in [0.4, 0.5) is 0 Å². The van der Waals surface area contributed by atoms with Crippen LogP contribution in [0.3, 0.4) is 0 Å². The molecule has 3 heterocycles.